The van der Waals surface area contributed by atoms with Crippen molar-refractivity contribution in [2.75, 3.05) is 0 Å². The Labute approximate surface area is 120 Å². The molecule has 0 amide bonds. The van der Waals surface area contributed by atoms with Crippen LogP contribution in [0.4, 0.5) is 0 Å². The van der Waals surface area contributed by atoms with Crippen molar-refractivity contribution in [3.63, 3.8) is 0 Å². The van der Waals surface area contributed by atoms with Crippen molar-refractivity contribution in [1.82, 2.24) is 9.97 Å². The topological polar surface area (TPSA) is 96.1 Å². The predicted molar refractivity (Wildman–Crippen MR) is 72.6 cm³/mol. The van der Waals surface area contributed by atoms with Crippen LogP contribution in [0, 0.1) is 17.2 Å². The molecule has 0 spiro atoms. The molecular weight excluding hydrogens is 270 g/mol. The van der Waals surface area contributed by atoms with E-state index < -0.39 is 5.97 Å². The molecule has 3 rings (SSSR count). The Morgan fingerprint density at radius 2 is 1.95 bits per heavy atom. The largest absolute Gasteiger partial charge is 0.489 e. The van der Waals surface area contributed by atoms with Gasteiger partial charge in [0.05, 0.1) is 17.6 Å². The van der Waals surface area contributed by atoms with E-state index in [0.717, 1.165) is 12.0 Å². The van der Waals surface area contributed by atoms with E-state index in [1.165, 1.54) is 12.4 Å². The molecule has 1 fully saturated rings. The maximum absolute atomic E-state index is 10.7. The molecular formula is C15H11N3O3. The van der Waals surface area contributed by atoms with E-state index in [9.17, 15) is 4.79 Å². The zero-order chi connectivity index (χ0) is 14.8. The average molecular weight is 281 g/mol. The van der Waals surface area contributed by atoms with Gasteiger partial charge in [0, 0.05) is 24.4 Å². The van der Waals surface area contributed by atoms with Crippen LogP contribution < -0.4 is 4.74 Å². The lowest BCUT2D eigenvalue weighted by molar-refractivity contribution is 0.0696. The number of carboxylic acids is 1. The molecule has 2 atom stereocenters. The number of benzene rings is 1. The van der Waals surface area contributed by atoms with Crippen molar-refractivity contribution in [2.45, 2.75) is 12.5 Å². The fourth-order valence-corrected chi connectivity index (χ4v) is 1.88. The van der Waals surface area contributed by atoms with Crippen LogP contribution in [-0.4, -0.2) is 27.1 Å². The normalized spacial score (nSPS) is 19.6. The second kappa shape index (κ2) is 5.21. The molecule has 21 heavy (non-hydrogen) atoms. The summed E-state index contributed by atoms with van der Waals surface area (Å²) < 4.78 is 5.63. The Bertz CT molecular complexity index is 704. The Balaban J connectivity index is 1.72. The molecule has 0 saturated heterocycles. The molecule has 6 heteroatoms. The molecule has 1 aromatic carbocycles. The molecule has 0 bridgehead atoms. The third kappa shape index (κ3) is 2.82. The maximum atomic E-state index is 10.7. The first-order chi connectivity index (χ1) is 10.2. The van der Waals surface area contributed by atoms with E-state index in [4.69, 9.17) is 15.1 Å². The number of hydrogen-bond acceptors (Lipinski definition) is 5. The van der Waals surface area contributed by atoms with Crippen LogP contribution in [0.3, 0.4) is 0 Å². The highest BCUT2D eigenvalue weighted by molar-refractivity contribution is 5.86. The first-order valence-electron chi connectivity index (χ1n) is 6.39. The molecule has 1 saturated carbocycles. The average Bonchev–Trinajstić information content (AvgIpc) is 3.26. The Morgan fingerprint density at radius 1 is 1.29 bits per heavy atom. The van der Waals surface area contributed by atoms with Crippen LogP contribution in [0.25, 0.3) is 11.4 Å². The van der Waals surface area contributed by atoms with Crippen molar-refractivity contribution < 1.29 is 14.6 Å². The van der Waals surface area contributed by atoms with E-state index in [1.54, 1.807) is 24.3 Å². The number of nitriles is 1. The summed E-state index contributed by atoms with van der Waals surface area (Å²) in [6.07, 6.45) is 3.32. The lowest BCUT2D eigenvalue weighted by Crippen LogP contribution is -2.00. The fourth-order valence-electron chi connectivity index (χ4n) is 1.88. The minimum Gasteiger partial charge on any atom is -0.489 e. The van der Waals surface area contributed by atoms with Crippen LogP contribution in [0.5, 0.6) is 5.75 Å². The summed E-state index contributed by atoms with van der Waals surface area (Å²) in [5.41, 5.74) is 0.821. The number of carbonyl (C=O) groups is 1. The van der Waals surface area contributed by atoms with Gasteiger partial charge in [-0.05, 0) is 24.3 Å². The third-order valence-electron chi connectivity index (χ3n) is 3.20. The zero-order valence-corrected chi connectivity index (χ0v) is 10.9. The van der Waals surface area contributed by atoms with Crippen molar-refractivity contribution in [3.8, 4) is 23.2 Å². The standard InChI is InChI=1S/C15H11N3O3/c16-6-10-5-13(10)21-12-3-1-9(2-4-12)14-17-7-11(8-18-14)15(19)20/h1-4,7-8,10,13H,5H2,(H,19,20). The molecule has 1 aliphatic carbocycles. The molecule has 104 valence electrons. The van der Waals surface area contributed by atoms with Gasteiger partial charge in [0.2, 0.25) is 0 Å². The number of rotatable bonds is 4. The SMILES string of the molecule is N#CC1CC1Oc1ccc(-c2ncc(C(=O)O)cn2)cc1. The molecule has 1 aromatic heterocycles. The van der Waals surface area contributed by atoms with Crippen LogP contribution in [0.1, 0.15) is 16.8 Å². The highest BCUT2D eigenvalue weighted by atomic mass is 16.5. The number of ether oxygens (including phenoxy) is 1. The van der Waals surface area contributed by atoms with E-state index in [0.29, 0.717) is 11.6 Å². The maximum Gasteiger partial charge on any atom is 0.338 e. The molecule has 1 N–H and O–H groups in total. The van der Waals surface area contributed by atoms with Gasteiger partial charge < -0.3 is 9.84 Å². The smallest absolute Gasteiger partial charge is 0.338 e. The number of carboxylic acid groups (broad SMARTS) is 1. The summed E-state index contributed by atoms with van der Waals surface area (Å²) in [6.45, 7) is 0. The molecule has 2 aromatic rings. The third-order valence-corrected chi connectivity index (χ3v) is 3.20. The molecule has 1 heterocycles. The first kappa shape index (κ1) is 13.1. The van der Waals surface area contributed by atoms with Gasteiger partial charge in [-0.25, -0.2) is 14.8 Å². The van der Waals surface area contributed by atoms with Gasteiger partial charge in [-0.2, -0.15) is 5.26 Å². The molecule has 1 aliphatic rings. The van der Waals surface area contributed by atoms with Crippen LogP contribution >= 0.6 is 0 Å². The summed E-state index contributed by atoms with van der Waals surface area (Å²) in [7, 11) is 0. The summed E-state index contributed by atoms with van der Waals surface area (Å²) in [4.78, 5) is 18.8. The van der Waals surface area contributed by atoms with Crippen LogP contribution in [0.15, 0.2) is 36.7 Å². The van der Waals surface area contributed by atoms with E-state index in [-0.39, 0.29) is 17.6 Å². The minimum atomic E-state index is -1.05. The van der Waals surface area contributed by atoms with Gasteiger partial charge in [-0.1, -0.05) is 0 Å². The van der Waals surface area contributed by atoms with E-state index in [1.807, 2.05) is 0 Å². The van der Waals surface area contributed by atoms with Gasteiger partial charge in [-0.3, -0.25) is 0 Å². The van der Waals surface area contributed by atoms with Gasteiger partial charge in [-0.15, -0.1) is 0 Å². The zero-order valence-electron chi connectivity index (χ0n) is 10.9. The van der Waals surface area contributed by atoms with Crippen molar-refractivity contribution >= 4 is 5.97 Å². The highest BCUT2D eigenvalue weighted by Crippen LogP contribution is 2.34. The summed E-state index contributed by atoms with van der Waals surface area (Å²) in [5.74, 6) is 0.0925. The Morgan fingerprint density at radius 3 is 2.48 bits per heavy atom. The monoisotopic (exact) mass is 281 g/mol. The van der Waals surface area contributed by atoms with Crippen LogP contribution in [-0.2, 0) is 0 Å². The number of hydrogen-bond donors (Lipinski definition) is 1. The lowest BCUT2D eigenvalue weighted by Gasteiger charge is -2.05. The van der Waals surface area contributed by atoms with Crippen molar-refractivity contribution in [3.05, 3.63) is 42.2 Å². The predicted octanol–water partition coefficient (Wildman–Crippen LogP) is 2.13. The summed E-state index contributed by atoms with van der Waals surface area (Å²) in [6, 6.07) is 9.35. The number of aromatic carboxylic acids is 1. The Hall–Kier alpha value is -2.94. The van der Waals surface area contributed by atoms with Crippen LogP contribution in [0.2, 0.25) is 0 Å². The molecule has 2 unspecified atom stereocenters. The van der Waals surface area contributed by atoms with E-state index >= 15 is 0 Å². The number of nitrogens with zero attached hydrogens (tertiary/aromatic N) is 3. The van der Waals surface area contributed by atoms with Gasteiger partial charge in [0.15, 0.2) is 5.82 Å². The fraction of sp³-hybridized carbons (Fsp3) is 0.200. The van der Waals surface area contributed by atoms with Gasteiger partial charge in [0.25, 0.3) is 0 Å². The Kier molecular flexibility index (Phi) is 3.24. The van der Waals surface area contributed by atoms with Gasteiger partial charge >= 0.3 is 5.97 Å². The number of aromatic nitrogens is 2. The van der Waals surface area contributed by atoms with Crippen molar-refractivity contribution in [2.24, 2.45) is 5.92 Å². The lowest BCUT2D eigenvalue weighted by atomic mass is 10.2. The first-order valence-corrected chi connectivity index (χ1v) is 6.39. The van der Waals surface area contributed by atoms with Crippen molar-refractivity contribution in [1.29, 1.82) is 5.26 Å². The molecule has 6 nitrogen and oxygen atoms in total. The quantitative estimate of drug-likeness (QED) is 0.922. The van der Waals surface area contributed by atoms with Gasteiger partial charge in [0.1, 0.15) is 11.9 Å². The highest BCUT2D eigenvalue weighted by Gasteiger charge is 2.39. The summed E-state index contributed by atoms with van der Waals surface area (Å²) >= 11 is 0. The molecule has 0 radical (unpaired) electrons. The van der Waals surface area contributed by atoms with E-state index in [2.05, 4.69) is 16.0 Å². The summed E-state index contributed by atoms with van der Waals surface area (Å²) in [5, 5.41) is 17.5. The minimum absolute atomic E-state index is 0.00317. The second-order valence-corrected chi connectivity index (χ2v) is 4.75. The molecule has 0 aliphatic heterocycles. The second-order valence-electron chi connectivity index (χ2n) is 4.75.